The van der Waals surface area contributed by atoms with Crippen LogP contribution in [0.25, 0.3) is 10.9 Å². The van der Waals surface area contributed by atoms with E-state index in [1.807, 2.05) is 14.0 Å². The molecule has 1 aromatic carbocycles. The number of nitrogens with zero attached hydrogens (tertiary/aromatic N) is 1. The Kier molecular flexibility index (Phi) is 3.46. The highest BCUT2D eigenvalue weighted by Crippen LogP contribution is 2.31. The second-order valence-corrected chi connectivity index (χ2v) is 5.24. The van der Waals surface area contributed by atoms with Crippen molar-refractivity contribution in [1.29, 1.82) is 0 Å². The minimum absolute atomic E-state index is 0.256. The van der Waals surface area contributed by atoms with Gasteiger partial charge in [-0.2, -0.15) is 0 Å². The van der Waals surface area contributed by atoms with Gasteiger partial charge in [-0.1, -0.05) is 19.9 Å². The Bertz CT molecular complexity index is 569. The van der Waals surface area contributed by atoms with Crippen LogP contribution in [0.1, 0.15) is 42.7 Å². The number of fused-ring (bicyclic) bond motifs is 1. The Morgan fingerprint density at radius 1 is 1.33 bits per heavy atom. The van der Waals surface area contributed by atoms with E-state index in [9.17, 15) is 5.11 Å². The quantitative estimate of drug-likeness (QED) is 0.874. The molecule has 0 saturated carbocycles. The van der Waals surface area contributed by atoms with Crippen LogP contribution in [0, 0.1) is 6.92 Å². The largest absolute Gasteiger partial charge is 0.387 e. The lowest BCUT2D eigenvalue weighted by molar-refractivity contribution is 0.187. The molecular weight excluding hydrogens is 224 g/mol. The number of aryl methyl sites for hydroxylation is 1. The van der Waals surface area contributed by atoms with Crippen molar-refractivity contribution in [1.82, 2.24) is 4.57 Å². The van der Waals surface area contributed by atoms with Gasteiger partial charge in [0.05, 0.1) is 6.10 Å². The van der Waals surface area contributed by atoms with Gasteiger partial charge in [0.25, 0.3) is 0 Å². The van der Waals surface area contributed by atoms with Crippen molar-refractivity contribution in [2.75, 3.05) is 6.54 Å². The summed E-state index contributed by atoms with van der Waals surface area (Å²) in [6, 6.07) is 6.47. The van der Waals surface area contributed by atoms with E-state index in [0.29, 0.717) is 5.92 Å². The number of rotatable bonds is 3. The molecule has 0 aliphatic heterocycles. The molecule has 2 aromatic rings. The van der Waals surface area contributed by atoms with Crippen molar-refractivity contribution in [3.63, 3.8) is 0 Å². The first-order valence-electron chi connectivity index (χ1n) is 6.44. The molecule has 2 rings (SSSR count). The van der Waals surface area contributed by atoms with Crippen LogP contribution < -0.4 is 5.73 Å². The average molecular weight is 246 g/mol. The van der Waals surface area contributed by atoms with E-state index in [1.54, 1.807) is 0 Å². The molecule has 0 spiro atoms. The van der Waals surface area contributed by atoms with Gasteiger partial charge in [-0.3, -0.25) is 0 Å². The Morgan fingerprint density at radius 3 is 2.56 bits per heavy atom. The summed E-state index contributed by atoms with van der Waals surface area (Å²) in [6.07, 6.45) is -0.587. The molecule has 98 valence electrons. The molecule has 3 nitrogen and oxygen atoms in total. The maximum atomic E-state index is 10.1. The number of hydrogen-bond donors (Lipinski definition) is 2. The number of benzene rings is 1. The van der Waals surface area contributed by atoms with E-state index in [4.69, 9.17) is 5.73 Å². The molecule has 0 aliphatic rings. The van der Waals surface area contributed by atoms with E-state index in [1.165, 1.54) is 5.56 Å². The lowest BCUT2D eigenvalue weighted by Gasteiger charge is -2.10. The minimum atomic E-state index is -0.587. The molecule has 0 radical (unpaired) electrons. The molecule has 1 atom stereocenters. The Hall–Kier alpha value is -1.32. The van der Waals surface area contributed by atoms with E-state index >= 15 is 0 Å². The maximum absolute atomic E-state index is 10.1. The van der Waals surface area contributed by atoms with Crippen LogP contribution in [0.15, 0.2) is 18.2 Å². The summed E-state index contributed by atoms with van der Waals surface area (Å²) in [5.74, 6) is 0.484. The Balaban J connectivity index is 2.74. The van der Waals surface area contributed by atoms with Crippen LogP contribution in [0.2, 0.25) is 0 Å². The highest BCUT2D eigenvalue weighted by Gasteiger charge is 2.18. The van der Waals surface area contributed by atoms with Crippen molar-refractivity contribution in [3.8, 4) is 0 Å². The molecule has 3 heteroatoms. The van der Waals surface area contributed by atoms with E-state index in [2.05, 4.69) is 36.6 Å². The molecule has 0 amide bonds. The third kappa shape index (κ3) is 1.93. The predicted molar refractivity (Wildman–Crippen MR) is 75.8 cm³/mol. The van der Waals surface area contributed by atoms with Gasteiger partial charge < -0.3 is 15.4 Å². The summed E-state index contributed by atoms with van der Waals surface area (Å²) in [5.41, 5.74) is 10.1. The summed E-state index contributed by atoms with van der Waals surface area (Å²) in [4.78, 5) is 0. The molecule has 18 heavy (non-hydrogen) atoms. The zero-order valence-electron chi connectivity index (χ0n) is 11.6. The van der Waals surface area contributed by atoms with Crippen LogP contribution in [-0.2, 0) is 7.05 Å². The fourth-order valence-corrected chi connectivity index (χ4v) is 2.52. The van der Waals surface area contributed by atoms with E-state index < -0.39 is 6.10 Å². The van der Waals surface area contributed by atoms with Crippen LogP contribution >= 0.6 is 0 Å². The zero-order valence-corrected chi connectivity index (χ0v) is 11.6. The molecule has 1 aromatic heterocycles. The van der Waals surface area contributed by atoms with Gasteiger partial charge in [-0.25, -0.2) is 0 Å². The van der Waals surface area contributed by atoms with Gasteiger partial charge in [0.2, 0.25) is 0 Å². The summed E-state index contributed by atoms with van der Waals surface area (Å²) in [7, 11) is 2.03. The minimum Gasteiger partial charge on any atom is -0.387 e. The van der Waals surface area contributed by atoms with Crippen LogP contribution in [0.4, 0.5) is 0 Å². The number of hydrogen-bond acceptors (Lipinski definition) is 2. The van der Waals surface area contributed by atoms with Gasteiger partial charge in [0.15, 0.2) is 0 Å². The first kappa shape index (κ1) is 13.1. The van der Waals surface area contributed by atoms with Gasteiger partial charge in [0, 0.05) is 35.8 Å². The third-order valence-electron chi connectivity index (χ3n) is 3.79. The Labute approximate surface area is 108 Å². The molecule has 0 aliphatic carbocycles. The third-order valence-corrected chi connectivity index (χ3v) is 3.79. The fraction of sp³-hybridized carbons (Fsp3) is 0.467. The lowest BCUT2D eigenvalue weighted by Crippen LogP contribution is -2.12. The van der Waals surface area contributed by atoms with Crippen molar-refractivity contribution < 1.29 is 5.11 Å². The SMILES string of the molecule is Cc1c(C(O)CN)c2cc(C(C)C)ccc2n1C. The predicted octanol–water partition coefficient (Wildman–Crippen LogP) is 2.60. The van der Waals surface area contributed by atoms with Gasteiger partial charge in [0.1, 0.15) is 0 Å². The van der Waals surface area contributed by atoms with Crippen molar-refractivity contribution >= 4 is 10.9 Å². The second kappa shape index (κ2) is 4.75. The number of aliphatic hydroxyl groups excluding tert-OH is 1. The van der Waals surface area contributed by atoms with Gasteiger partial charge >= 0.3 is 0 Å². The molecule has 1 heterocycles. The summed E-state index contributed by atoms with van der Waals surface area (Å²) in [5, 5.41) is 11.2. The van der Waals surface area contributed by atoms with Crippen molar-refractivity contribution in [3.05, 3.63) is 35.0 Å². The summed E-state index contributed by atoms with van der Waals surface area (Å²) in [6.45, 7) is 6.64. The summed E-state index contributed by atoms with van der Waals surface area (Å²) >= 11 is 0. The smallest absolute Gasteiger partial charge is 0.0935 e. The van der Waals surface area contributed by atoms with Crippen molar-refractivity contribution in [2.24, 2.45) is 12.8 Å². The molecule has 0 saturated heterocycles. The fourth-order valence-electron chi connectivity index (χ4n) is 2.52. The number of aliphatic hydroxyl groups is 1. The highest BCUT2D eigenvalue weighted by molar-refractivity contribution is 5.86. The number of nitrogens with two attached hydrogens (primary N) is 1. The summed E-state index contributed by atoms with van der Waals surface area (Å²) < 4.78 is 2.12. The normalized spacial score (nSPS) is 13.5. The van der Waals surface area contributed by atoms with Crippen LogP contribution in [-0.4, -0.2) is 16.2 Å². The highest BCUT2D eigenvalue weighted by atomic mass is 16.3. The zero-order chi connectivity index (χ0) is 13.4. The molecule has 0 fully saturated rings. The molecule has 1 unspecified atom stereocenters. The molecule has 0 bridgehead atoms. The van der Waals surface area contributed by atoms with Crippen LogP contribution in [0.5, 0.6) is 0 Å². The topological polar surface area (TPSA) is 51.2 Å². The van der Waals surface area contributed by atoms with Crippen LogP contribution in [0.3, 0.4) is 0 Å². The second-order valence-electron chi connectivity index (χ2n) is 5.24. The Morgan fingerprint density at radius 2 is 2.00 bits per heavy atom. The van der Waals surface area contributed by atoms with Gasteiger partial charge in [-0.15, -0.1) is 0 Å². The van der Waals surface area contributed by atoms with E-state index in [0.717, 1.165) is 22.2 Å². The van der Waals surface area contributed by atoms with Crippen molar-refractivity contribution in [2.45, 2.75) is 32.8 Å². The first-order chi connectivity index (χ1) is 8.47. The first-order valence-corrected chi connectivity index (χ1v) is 6.44. The monoisotopic (exact) mass is 246 g/mol. The standard InChI is InChI=1S/C15H22N2O/c1-9(2)11-5-6-13-12(7-11)15(14(18)8-16)10(3)17(13)4/h5-7,9,14,18H,8,16H2,1-4H3. The molecule has 3 N–H and O–H groups in total. The lowest BCUT2D eigenvalue weighted by atomic mass is 9.98. The van der Waals surface area contributed by atoms with Gasteiger partial charge in [-0.05, 0) is 30.5 Å². The number of aromatic nitrogens is 1. The maximum Gasteiger partial charge on any atom is 0.0935 e. The average Bonchev–Trinajstić information content (AvgIpc) is 2.61. The van der Waals surface area contributed by atoms with E-state index in [-0.39, 0.29) is 6.54 Å². The molecular formula is C15H22N2O.